The summed E-state index contributed by atoms with van der Waals surface area (Å²) in [6.07, 6.45) is 1.76. The summed E-state index contributed by atoms with van der Waals surface area (Å²) in [7, 11) is 1.97. The SMILES string of the molecule is CCNC(=NCC(=O)N1CCc2ccccc2C1)NC(C)Cc1c(C)nn(C)c1C.I. The number of hydrogen-bond acceptors (Lipinski definition) is 3. The lowest BCUT2D eigenvalue weighted by atomic mass is 10.00. The summed E-state index contributed by atoms with van der Waals surface area (Å²) in [6.45, 7) is 10.6. The molecule has 0 bridgehead atoms. The Morgan fingerprint density at radius 3 is 2.61 bits per heavy atom. The third-order valence-electron chi connectivity index (χ3n) is 5.75. The molecule has 0 aliphatic carbocycles. The van der Waals surface area contributed by atoms with Crippen LogP contribution in [0, 0.1) is 13.8 Å². The van der Waals surface area contributed by atoms with Crippen LogP contribution in [0.3, 0.4) is 0 Å². The summed E-state index contributed by atoms with van der Waals surface area (Å²) in [4.78, 5) is 19.2. The van der Waals surface area contributed by atoms with Crippen LogP contribution in [0.2, 0.25) is 0 Å². The monoisotopic (exact) mass is 538 g/mol. The van der Waals surface area contributed by atoms with Gasteiger partial charge in [-0.15, -0.1) is 24.0 Å². The predicted octanol–water partition coefficient (Wildman–Crippen LogP) is 2.73. The number of fused-ring (bicyclic) bond motifs is 1. The van der Waals surface area contributed by atoms with Crippen LogP contribution in [0.4, 0.5) is 0 Å². The average Bonchev–Trinajstić information content (AvgIpc) is 2.97. The van der Waals surface area contributed by atoms with E-state index in [1.54, 1.807) is 0 Å². The molecule has 8 heteroatoms. The van der Waals surface area contributed by atoms with Gasteiger partial charge < -0.3 is 15.5 Å². The van der Waals surface area contributed by atoms with Crippen molar-refractivity contribution in [2.75, 3.05) is 19.6 Å². The van der Waals surface area contributed by atoms with E-state index in [0.717, 1.165) is 31.6 Å². The van der Waals surface area contributed by atoms with Crippen LogP contribution in [-0.2, 0) is 31.2 Å². The fraction of sp³-hybridized carbons (Fsp3) is 0.522. The van der Waals surface area contributed by atoms with E-state index in [1.807, 2.05) is 36.5 Å². The smallest absolute Gasteiger partial charge is 0.244 e. The molecule has 0 saturated heterocycles. The molecule has 0 radical (unpaired) electrons. The first-order valence-electron chi connectivity index (χ1n) is 10.8. The highest BCUT2D eigenvalue weighted by Gasteiger charge is 2.20. The lowest BCUT2D eigenvalue weighted by molar-refractivity contribution is -0.130. The highest BCUT2D eigenvalue weighted by atomic mass is 127. The Balaban J connectivity index is 0.00000341. The molecule has 3 rings (SSSR count). The van der Waals surface area contributed by atoms with E-state index >= 15 is 0 Å². The number of aromatic nitrogens is 2. The molecule has 1 unspecified atom stereocenters. The highest BCUT2D eigenvalue weighted by Crippen LogP contribution is 2.18. The molecule has 0 saturated carbocycles. The van der Waals surface area contributed by atoms with Crippen molar-refractivity contribution in [3.05, 3.63) is 52.3 Å². The molecule has 2 aromatic rings. The Morgan fingerprint density at radius 2 is 1.97 bits per heavy atom. The molecule has 1 aliphatic heterocycles. The van der Waals surface area contributed by atoms with Crippen molar-refractivity contribution < 1.29 is 4.79 Å². The zero-order valence-corrected chi connectivity index (χ0v) is 21.6. The molecule has 1 amide bonds. The molecule has 7 nitrogen and oxygen atoms in total. The van der Waals surface area contributed by atoms with E-state index in [4.69, 9.17) is 0 Å². The van der Waals surface area contributed by atoms with E-state index in [1.165, 1.54) is 22.4 Å². The Kier molecular flexibility index (Phi) is 9.33. The van der Waals surface area contributed by atoms with E-state index in [-0.39, 0.29) is 42.5 Å². The standard InChI is InChI=1S/C23H34N6O.HI/c1-6-24-23(26-16(2)13-21-17(3)27-28(5)18(21)4)25-14-22(30)29-12-11-19-9-7-8-10-20(19)15-29;/h7-10,16H,6,11-15H2,1-5H3,(H2,24,25,26);1H. The van der Waals surface area contributed by atoms with Gasteiger partial charge in [0.1, 0.15) is 6.54 Å². The van der Waals surface area contributed by atoms with Gasteiger partial charge in [-0.1, -0.05) is 24.3 Å². The summed E-state index contributed by atoms with van der Waals surface area (Å²) in [5.74, 6) is 0.739. The van der Waals surface area contributed by atoms with Crippen LogP contribution in [0.5, 0.6) is 0 Å². The third-order valence-corrected chi connectivity index (χ3v) is 5.75. The lowest BCUT2D eigenvalue weighted by Gasteiger charge is -2.28. The predicted molar refractivity (Wildman–Crippen MR) is 136 cm³/mol. The number of benzene rings is 1. The number of halogens is 1. The van der Waals surface area contributed by atoms with Crippen molar-refractivity contribution in [2.45, 2.75) is 53.1 Å². The molecular formula is C23H35IN6O. The number of hydrogen-bond donors (Lipinski definition) is 2. The number of amides is 1. The quantitative estimate of drug-likeness (QED) is 0.337. The largest absolute Gasteiger partial charge is 0.357 e. The molecular weight excluding hydrogens is 503 g/mol. The van der Waals surface area contributed by atoms with Crippen LogP contribution in [-0.4, -0.2) is 52.2 Å². The minimum Gasteiger partial charge on any atom is -0.357 e. The van der Waals surface area contributed by atoms with Crippen molar-refractivity contribution in [1.29, 1.82) is 0 Å². The fourth-order valence-electron chi connectivity index (χ4n) is 3.98. The van der Waals surface area contributed by atoms with Gasteiger partial charge >= 0.3 is 0 Å². The van der Waals surface area contributed by atoms with E-state index in [2.05, 4.69) is 52.8 Å². The number of aliphatic imine (C=N–C) groups is 1. The second-order valence-corrected chi connectivity index (χ2v) is 8.05. The van der Waals surface area contributed by atoms with Crippen molar-refractivity contribution in [1.82, 2.24) is 25.3 Å². The minimum absolute atomic E-state index is 0. The number of rotatable bonds is 6. The van der Waals surface area contributed by atoms with Crippen molar-refractivity contribution >= 4 is 35.8 Å². The van der Waals surface area contributed by atoms with Crippen LogP contribution in [0.15, 0.2) is 29.3 Å². The molecule has 1 atom stereocenters. The van der Waals surface area contributed by atoms with Gasteiger partial charge in [-0.3, -0.25) is 9.48 Å². The van der Waals surface area contributed by atoms with E-state index in [0.29, 0.717) is 12.5 Å². The molecule has 2 heterocycles. The van der Waals surface area contributed by atoms with Crippen LogP contribution >= 0.6 is 24.0 Å². The van der Waals surface area contributed by atoms with Crippen LogP contribution < -0.4 is 10.6 Å². The zero-order valence-electron chi connectivity index (χ0n) is 19.2. The minimum atomic E-state index is 0. The number of guanidine groups is 1. The molecule has 170 valence electrons. The van der Waals surface area contributed by atoms with Crippen LogP contribution in [0.25, 0.3) is 0 Å². The normalized spacial score (nSPS) is 14.5. The Morgan fingerprint density at radius 1 is 1.26 bits per heavy atom. The maximum Gasteiger partial charge on any atom is 0.244 e. The first-order valence-corrected chi connectivity index (χ1v) is 10.8. The topological polar surface area (TPSA) is 74.6 Å². The Bertz CT molecular complexity index is 923. The van der Waals surface area contributed by atoms with Crippen LogP contribution in [0.1, 0.15) is 41.9 Å². The lowest BCUT2D eigenvalue weighted by Crippen LogP contribution is -2.44. The number of carbonyl (C=O) groups excluding carboxylic acids is 1. The molecule has 2 N–H and O–H groups in total. The van der Waals surface area contributed by atoms with Gasteiger partial charge in [0.25, 0.3) is 0 Å². The molecule has 31 heavy (non-hydrogen) atoms. The summed E-state index contributed by atoms with van der Waals surface area (Å²) in [5, 5.41) is 11.2. The van der Waals surface area contributed by atoms with Gasteiger partial charge in [0.2, 0.25) is 5.91 Å². The Hall–Kier alpha value is -2.10. The van der Waals surface area contributed by atoms with Gasteiger partial charge in [0.15, 0.2) is 5.96 Å². The van der Waals surface area contributed by atoms with Gasteiger partial charge in [-0.25, -0.2) is 4.99 Å². The number of aryl methyl sites for hydroxylation is 2. The molecule has 0 fully saturated rings. The number of nitrogens with one attached hydrogen (secondary N) is 2. The maximum atomic E-state index is 12.7. The number of nitrogens with zero attached hydrogens (tertiary/aromatic N) is 4. The second-order valence-electron chi connectivity index (χ2n) is 8.05. The molecule has 1 aromatic carbocycles. The van der Waals surface area contributed by atoms with Crippen molar-refractivity contribution in [2.24, 2.45) is 12.0 Å². The second kappa shape index (κ2) is 11.5. The third kappa shape index (κ3) is 6.44. The van der Waals surface area contributed by atoms with E-state index < -0.39 is 0 Å². The first-order chi connectivity index (χ1) is 14.4. The molecule has 1 aliphatic rings. The van der Waals surface area contributed by atoms with Crippen molar-refractivity contribution in [3.8, 4) is 0 Å². The van der Waals surface area contributed by atoms with Gasteiger partial charge in [0, 0.05) is 38.4 Å². The fourth-order valence-corrected chi connectivity index (χ4v) is 3.98. The van der Waals surface area contributed by atoms with E-state index in [9.17, 15) is 4.79 Å². The average molecular weight is 538 g/mol. The zero-order chi connectivity index (χ0) is 21.7. The molecule has 1 aromatic heterocycles. The summed E-state index contributed by atoms with van der Waals surface area (Å²) < 4.78 is 1.92. The highest BCUT2D eigenvalue weighted by molar-refractivity contribution is 14.0. The summed E-state index contributed by atoms with van der Waals surface area (Å²) in [6, 6.07) is 8.51. The summed E-state index contributed by atoms with van der Waals surface area (Å²) in [5.41, 5.74) is 6.09. The van der Waals surface area contributed by atoms with Crippen molar-refractivity contribution in [3.63, 3.8) is 0 Å². The van der Waals surface area contributed by atoms with Gasteiger partial charge in [-0.2, -0.15) is 5.10 Å². The number of carbonyl (C=O) groups is 1. The maximum absolute atomic E-state index is 12.7. The van der Waals surface area contributed by atoms with Gasteiger partial charge in [0.05, 0.1) is 5.69 Å². The first kappa shape index (κ1) is 25.2. The van der Waals surface area contributed by atoms with Gasteiger partial charge in [-0.05, 0) is 57.2 Å². The molecule has 0 spiro atoms. The Labute approximate surface area is 202 Å². The summed E-state index contributed by atoms with van der Waals surface area (Å²) >= 11 is 0.